The van der Waals surface area contributed by atoms with Crippen LogP contribution in [0.2, 0.25) is 0 Å². The van der Waals surface area contributed by atoms with Crippen molar-refractivity contribution in [1.82, 2.24) is 30.0 Å². The molecule has 0 radical (unpaired) electrons. The maximum Gasteiger partial charge on any atom is 0.322 e. The van der Waals surface area contributed by atoms with E-state index in [1.165, 1.54) is 0 Å². The number of rotatable bonds is 11. The zero-order valence-electron chi connectivity index (χ0n) is 28.5. The van der Waals surface area contributed by atoms with Crippen LogP contribution in [0.15, 0.2) is 63.5 Å². The standard InChI is InChI=1S/C37H44Br2N8O3/c1-45(2)15-6-5-9-33(48)25-10-11-30-31(22-25)42-35(41-30)32(21-23-19-27(38)34(40)28(39)20-23)44-36(49)46-16-13-26(14-17-46)47-18-12-24-7-3-4-8-29(24)43-37(47)50/h3-4,7-8,10-11,19-20,22,26,32H,5-6,9,12-18,21,40H2,1-2H3,(H,41,42)(H,43,50)(H,44,49)/t32-/m1/s1. The molecule has 5 N–H and O–H groups in total. The molecule has 1 saturated heterocycles. The highest BCUT2D eigenvalue weighted by atomic mass is 79.9. The molecular formula is C37H44Br2N8O3. The average molecular weight is 809 g/mol. The number of carbonyl (C=O) groups is 3. The molecule has 1 atom stereocenters. The number of H-pyrrole nitrogens is 1. The summed E-state index contributed by atoms with van der Waals surface area (Å²) in [6, 6.07) is 16.7. The topological polar surface area (TPSA) is 140 Å². The number of halogens is 2. The van der Waals surface area contributed by atoms with Crippen molar-refractivity contribution in [1.29, 1.82) is 0 Å². The van der Waals surface area contributed by atoms with Crippen LogP contribution < -0.4 is 16.4 Å². The minimum absolute atomic E-state index is 0.0499. The second-order valence-corrected chi connectivity index (χ2v) is 15.2. The first-order valence-corrected chi connectivity index (χ1v) is 18.8. The third kappa shape index (κ3) is 8.50. The predicted molar refractivity (Wildman–Crippen MR) is 205 cm³/mol. The van der Waals surface area contributed by atoms with Crippen LogP contribution in [0.25, 0.3) is 11.0 Å². The van der Waals surface area contributed by atoms with Gasteiger partial charge in [0.15, 0.2) is 5.78 Å². The second-order valence-electron chi connectivity index (χ2n) is 13.5. The van der Waals surface area contributed by atoms with Crippen LogP contribution in [0.5, 0.6) is 0 Å². The van der Waals surface area contributed by atoms with Crippen LogP contribution in [0, 0.1) is 0 Å². The summed E-state index contributed by atoms with van der Waals surface area (Å²) in [5, 5.41) is 6.31. The van der Waals surface area contributed by atoms with Gasteiger partial charge in [-0.15, -0.1) is 0 Å². The molecule has 0 spiro atoms. The van der Waals surface area contributed by atoms with E-state index in [-0.39, 0.29) is 23.9 Å². The number of piperidine rings is 1. The van der Waals surface area contributed by atoms with E-state index < -0.39 is 6.04 Å². The van der Waals surface area contributed by atoms with Crippen molar-refractivity contribution < 1.29 is 14.4 Å². The van der Waals surface area contributed by atoms with E-state index in [9.17, 15) is 14.4 Å². The van der Waals surface area contributed by atoms with Gasteiger partial charge in [-0.25, -0.2) is 14.6 Å². The van der Waals surface area contributed by atoms with Crippen LogP contribution >= 0.6 is 31.9 Å². The number of nitrogens with zero attached hydrogens (tertiary/aromatic N) is 4. The number of urea groups is 2. The summed E-state index contributed by atoms with van der Waals surface area (Å²) in [7, 11) is 4.07. The number of fused-ring (bicyclic) bond motifs is 2. The third-order valence-electron chi connectivity index (χ3n) is 9.62. The molecule has 50 heavy (non-hydrogen) atoms. The number of para-hydroxylation sites is 1. The number of ketones is 1. The summed E-state index contributed by atoms with van der Waals surface area (Å²) in [5.74, 6) is 0.706. The molecular weight excluding hydrogens is 764 g/mol. The van der Waals surface area contributed by atoms with Crippen molar-refractivity contribution in [2.45, 2.75) is 57.0 Å². The number of likely N-dealkylation sites (tertiary alicyclic amines) is 1. The van der Waals surface area contributed by atoms with Gasteiger partial charge >= 0.3 is 12.1 Å². The first kappa shape index (κ1) is 35.9. The van der Waals surface area contributed by atoms with Crippen molar-refractivity contribution in [3.05, 3.63) is 86.1 Å². The first-order chi connectivity index (χ1) is 24.0. The van der Waals surface area contributed by atoms with Gasteiger partial charge in [-0.2, -0.15) is 0 Å². The van der Waals surface area contributed by atoms with Crippen molar-refractivity contribution in [3.8, 4) is 0 Å². The van der Waals surface area contributed by atoms with Gasteiger partial charge in [-0.05, 0) is 132 Å². The monoisotopic (exact) mass is 806 g/mol. The molecule has 0 aliphatic carbocycles. The zero-order chi connectivity index (χ0) is 35.4. The minimum Gasteiger partial charge on any atom is -0.397 e. The Kier molecular flexibility index (Phi) is 11.4. The van der Waals surface area contributed by atoms with Gasteiger partial charge < -0.3 is 36.1 Å². The number of hydrogen-bond acceptors (Lipinski definition) is 6. The minimum atomic E-state index is -0.491. The average Bonchev–Trinajstić information content (AvgIpc) is 3.45. The Balaban J connectivity index is 1.15. The zero-order valence-corrected chi connectivity index (χ0v) is 31.6. The lowest BCUT2D eigenvalue weighted by molar-refractivity contribution is 0.0978. The fraction of sp³-hybridized carbons (Fsp3) is 0.405. The number of hydrogen-bond donors (Lipinski definition) is 4. The maximum absolute atomic E-state index is 13.8. The number of nitrogen functional groups attached to an aromatic ring is 1. The Labute approximate surface area is 309 Å². The Morgan fingerprint density at radius 2 is 1.78 bits per heavy atom. The van der Waals surface area contributed by atoms with Crippen LogP contribution in [0.1, 0.15) is 65.5 Å². The molecule has 6 rings (SSSR count). The number of amides is 4. The van der Waals surface area contributed by atoms with E-state index in [0.29, 0.717) is 62.4 Å². The lowest BCUT2D eigenvalue weighted by Crippen LogP contribution is -2.52. The van der Waals surface area contributed by atoms with E-state index in [4.69, 9.17) is 10.7 Å². The fourth-order valence-electron chi connectivity index (χ4n) is 6.79. The normalized spacial score (nSPS) is 15.9. The van der Waals surface area contributed by atoms with Crippen molar-refractivity contribution in [3.63, 3.8) is 0 Å². The number of anilines is 2. The first-order valence-electron chi connectivity index (χ1n) is 17.2. The van der Waals surface area contributed by atoms with E-state index in [0.717, 1.165) is 62.6 Å². The summed E-state index contributed by atoms with van der Waals surface area (Å²) in [6.07, 6.45) is 4.92. The summed E-state index contributed by atoms with van der Waals surface area (Å²) in [5.41, 5.74) is 11.8. The number of benzene rings is 3. The highest BCUT2D eigenvalue weighted by molar-refractivity contribution is 9.11. The summed E-state index contributed by atoms with van der Waals surface area (Å²) >= 11 is 7.10. The van der Waals surface area contributed by atoms with E-state index in [1.807, 2.05) is 72.4 Å². The second kappa shape index (κ2) is 15.9. The quantitative estimate of drug-likeness (QED) is 0.0723. The Morgan fingerprint density at radius 3 is 2.52 bits per heavy atom. The van der Waals surface area contributed by atoms with Gasteiger partial charge in [0.1, 0.15) is 5.82 Å². The Hall–Kier alpha value is -3.94. The highest BCUT2D eigenvalue weighted by Gasteiger charge is 2.32. The van der Waals surface area contributed by atoms with E-state index >= 15 is 0 Å². The smallest absolute Gasteiger partial charge is 0.322 e. The number of aromatic amines is 1. The molecule has 4 aromatic rings. The van der Waals surface area contributed by atoms with Crippen molar-refractivity contribution in [2.75, 3.05) is 51.3 Å². The van der Waals surface area contributed by atoms with E-state index in [1.54, 1.807) is 0 Å². The summed E-state index contributed by atoms with van der Waals surface area (Å²) in [4.78, 5) is 54.1. The molecule has 264 valence electrons. The molecule has 0 saturated carbocycles. The van der Waals surface area contributed by atoms with Gasteiger partial charge in [0.05, 0.1) is 22.8 Å². The third-order valence-corrected chi connectivity index (χ3v) is 10.9. The van der Waals surface area contributed by atoms with Gasteiger partial charge in [-0.1, -0.05) is 18.2 Å². The van der Waals surface area contributed by atoms with Crippen LogP contribution in [-0.2, 0) is 12.8 Å². The van der Waals surface area contributed by atoms with Crippen LogP contribution in [-0.4, -0.2) is 88.8 Å². The van der Waals surface area contributed by atoms with Crippen molar-refractivity contribution in [2.24, 2.45) is 0 Å². The molecule has 4 amide bonds. The summed E-state index contributed by atoms with van der Waals surface area (Å²) < 4.78 is 1.51. The Bertz CT molecular complexity index is 1850. The molecule has 2 aliphatic rings. The SMILES string of the molecule is CN(C)CCCCC(=O)c1ccc2nc([C@@H](Cc3cc(Br)c(N)c(Br)c3)NC(=O)N3CCC(N4CCc5ccccc5NC4=O)CC3)[nH]c2c1. The van der Waals surface area contributed by atoms with Gasteiger partial charge in [-0.3, -0.25) is 4.79 Å². The molecule has 1 fully saturated rings. The Morgan fingerprint density at radius 1 is 1.04 bits per heavy atom. The van der Waals surface area contributed by atoms with Gasteiger partial charge in [0.25, 0.3) is 0 Å². The molecule has 3 aromatic carbocycles. The number of aromatic nitrogens is 2. The number of unbranched alkanes of at least 4 members (excludes halogenated alkanes) is 1. The summed E-state index contributed by atoms with van der Waals surface area (Å²) in [6.45, 7) is 2.65. The number of Topliss-reactive ketones (excluding diaryl/α,β-unsaturated/α-hetero) is 1. The fourth-order valence-corrected chi connectivity index (χ4v) is 8.07. The van der Waals surface area contributed by atoms with Gasteiger partial charge in [0, 0.05) is 58.7 Å². The largest absolute Gasteiger partial charge is 0.397 e. The molecule has 1 aromatic heterocycles. The van der Waals surface area contributed by atoms with E-state index in [2.05, 4.69) is 58.4 Å². The molecule has 2 aliphatic heterocycles. The van der Waals surface area contributed by atoms with Crippen LogP contribution in [0.3, 0.4) is 0 Å². The number of carbonyl (C=O) groups excluding carboxylic acids is 3. The lowest BCUT2D eigenvalue weighted by Gasteiger charge is -2.38. The van der Waals surface area contributed by atoms with Crippen LogP contribution in [0.4, 0.5) is 21.0 Å². The lowest BCUT2D eigenvalue weighted by atomic mass is 10.0. The predicted octanol–water partition coefficient (Wildman–Crippen LogP) is 7.13. The molecule has 0 unspecified atom stereocenters. The number of nitrogens with one attached hydrogen (secondary N) is 3. The van der Waals surface area contributed by atoms with Crippen molar-refractivity contribution >= 4 is 72.1 Å². The highest BCUT2D eigenvalue weighted by Crippen LogP contribution is 2.32. The van der Waals surface area contributed by atoms with Gasteiger partial charge in [0.2, 0.25) is 0 Å². The molecule has 3 heterocycles. The number of imidazole rings is 1. The molecule has 13 heteroatoms. The number of nitrogens with two attached hydrogens (primary N) is 1. The maximum atomic E-state index is 13.8. The molecule has 0 bridgehead atoms. The molecule has 11 nitrogen and oxygen atoms in total.